The molecule has 0 atom stereocenters. The minimum absolute atomic E-state index is 0.110. The van der Waals surface area contributed by atoms with Gasteiger partial charge in [-0.3, -0.25) is 9.13 Å². The second-order valence-corrected chi connectivity index (χ2v) is 12.9. The fourth-order valence-electron chi connectivity index (χ4n) is 2.66. The van der Waals surface area contributed by atoms with E-state index < -0.39 is 50.8 Å². The highest BCUT2D eigenvalue weighted by Gasteiger charge is 2.55. The maximum Gasteiger partial charge on any atom is 0.353 e. The van der Waals surface area contributed by atoms with E-state index in [1.165, 1.54) is 24.3 Å². The van der Waals surface area contributed by atoms with Gasteiger partial charge in [0.2, 0.25) is 5.40 Å². The standard InChI is InChI=1S/C20H34FNO6P2S/c1-13(2)25-29(23,26-14(3)4)20(30(24,27-15(5)6)28-16(7)8)19(31)22-18-11-9-17(21)10-12-18/h9-16,20H,1-8H3,(H,22,31). The lowest BCUT2D eigenvalue weighted by Gasteiger charge is -2.35. The van der Waals surface area contributed by atoms with Crippen LogP contribution in [-0.2, 0) is 27.2 Å². The van der Waals surface area contributed by atoms with Gasteiger partial charge in [-0.1, -0.05) is 12.2 Å². The summed E-state index contributed by atoms with van der Waals surface area (Å²) >= 11 is 5.53. The van der Waals surface area contributed by atoms with Gasteiger partial charge in [-0.25, -0.2) is 4.39 Å². The highest BCUT2D eigenvalue weighted by Crippen LogP contribution is 2.72. The van der Waals surface area contributed by atoms with Crippen molar-refractivity contribution in [3.63, 3.8) is 0 Å². The average molecular weight is 498 g/mol. The van der Waals surface area contributed by atoms with Crippen molar-refractivity contribution in [2.45, 2.75) is 85.2 Å². The molecule has 0 heterocycles. The predicted octanol–water partition coefficient (Wildman–Crippen LogP) is 6.98. The molecule has 0 spiro atoms. The monoisotopic (exact) mass is 497 g/mol. The molecule has 7 nitrogen and oxygen atoms in total. The van der Waals surface area contributed by atoms with Crippen molar-refractivity contribution in [3.8, 4) is 0 Å². The number of nitrogens with one attached hydrogen (secondary N) is 1. The maximum atomic E-state index is 14.1. The molecule has 11 heteroatoms. The fraction of sp³-hybridized carbons (Fsp3) is 0.650. The topological polar surface area (TPSA) is 83.1 Å². The van der Waals surface area contributed by atoms with Crippen LogP contribution in [0.1, 0.15) is 55.4 Å². The van der Waals surface area contributed by atoms with Crippen molar-refractivity contribution in [1.29, 1.82) is 0 Å². The van der Waals surface area contributed by atoms with Crippen molar-refractivity contribution >= 4 is 38.1 Å². The van der Waals surface area contributed by atoms with Gasteiger partial charge in [0.1, 0.15) is 10.8 Å². The molecular formula is C20H34FNO6P2S. The zero-order valence-electron chi connectivity index (χ0n) is 19.3. The first-order valence-corrected chi connectivity index (χ1v) is 13.8. The van der Waals surface area contributed by atoms with Crippen LogP contribution in [0, 0.1) is 5.82 Å². The Hall–Kier alpha value is -0.660. The molecule has 0 aliphatic carbocycles. The van der Waals surface area contributed by atoms with Crippen LogP contribution in [0.15, 0.2) is 24.3 Å². The third-order valence-electron chi connectivity index (χ3n) is 3.38. The Morgan fingerprint density at radius 1 is 0.774 bits per heavy atom. The first-order valence-electron chi connectivity index (χ1n) is 10.2. The third kappa shape index (κ3) is 9.01. The van der Waals surface area contributed by atoms with Crippen molar-refractivity contribution in [1.82, 2.24) is 0 Å². The molecule has 1 N–H and O–H groups in total. The summed E-state index contributed by atoms with van der Waals surface area (Å²) in [7, 11) is -8.34. The summed E-state index contributed by atoms with van der Waals surface area (Å²) in [6.07, 6.45) is -2.08. The Kier molecular flexibility index (Phi) is 11.0. The first-order chi connectivity index (χ1) is 14.2. The number of rotatable bonds is 12. The van der Waals surface area contributed by atoms with Gasteiger partial charge in [-0.05, 0) is 79.7 Å². The van der Waals surface area contributed by atoms with Gasteiger partial charge in [-0.2, -0.15) is 0 Å². The largest absolute Gasteiger partial charge is 0.353 e. The van der Waals surface area contributed by atoms with E-state index in [4.69, 9.17) is 30.3 Å². The number of thiocarbonyl (C=S) groups is 1. The minimum Gasteiger partial charge on any atom is -0.349 e. The van der Waals surface area contributed by atoms with Crippen molar-refractivity contribution < 1.29 is 31.6 Å². The lowest BCUT2D eigenvalue weighted by Crippen LogP contribution is -2.32. The van der Waals surface area contributed by atoms with E-state index in [-0.39, 0.29) is 4.99 Å². The summed E-state index contributed by atoms with van der Waals surface area (Å²) in [5.74, 6) is -0.429. The molecule has 0 fully saturated rings. The quantitative estimate of drug-likeness (QED) is 0.245. The molecule has 0 aliphatic rings. The summed E-state index contributed by atoms with van der Waals surface area (Å²) < 4.78 is 64.3. The Morgan fingerprint density at radius 2 is 1.10 bits per heavy atom. The van der Waals surface area contributed by atoms with Crippen LogP contribution in [0.2, 0.25) is 0 Å². The highest BCUT2D eigenvalue weighted by atomic mass is 32.1. The fourth-order valence-corrected chi connectivity index (χ4v) is 9.20. The van der Waals surface area contributed by atoms with Gasteiger partial charge in [0, 0.05) is 5.69 Å². The smallest absolute Gasteiger partial charge is 0.349 e. The normalized spacial score (nSPS) is 13.1. The summed E-state index contributed by atoms with van der Waals surface area (Å²) in [6.45, 7) is 13.5. The summed E-state index contributed by atoms with van der Waals surface area (Å²) in [5, 5.41) is 1.34. The van der Waals surface area contributed by atoms with E-state index in [1.807, 2.05) is 0 Å². The van der Waals surface area contributed by atoms with Gasteiger partial charge in [-0.15, -0.1) is 0 Å². The maximum absolute atomic E-state index is 14.1. The van der Waals surface area contributed by atoms with Gasteiger partial charge in [0.05, 0.1) is 24.4 Å². The summed E-state index contributed by atoms with van der Waals surface area (Å²) in [4.78, 5) is -0.110. The number of benzene rings is 1. The molecule has 0 aromatic heterocycles. The minimum atomic E-state index is -4.17. The number of hydrogen-bond donors (Lipinski definition) is 1. The Bertz CT molecular complexity index is 750. The number of hydrogen-bond acceptors (Lipinski definition) is 7. The molecule has 1 aromatic rings. The van der Waals surface area contributed by atoms with E-state index in [0.29, 0.717) is 5.69 Å². The Labute approximate surface area is 190 Å². The van der Waals surface area contributed by atoms with E-state index in [2.05, 4.69) is 5.32 Å². The lowest BCUT2D eigenvalue weighted by atomic mass is 10.3. The molecule has 0 bridgehead atoms. The van der Waals surface area contributed by atoms with E-state index >= 15 is 0 Å². The van der Waals surface area contributed by atoms with Crippen LogP contribution >= 0.6 is 27.4 Å². The number of halogens is 1. The van der Waals surface area contributed by atoms with Crippen molar-refractivity contribution in [2.24, 2.45) is 0 Å². The first kappa shape index (κ1) is 28.4. The van der Waals surface area contributed by atoms with E-state index in [9.17, 15) is 13.5 Å². The van der Waals surface area contributed by atoms with Gasteiger partial charge in [0.15, 0.2) is 0 Å². The molecule has 0 radical (unpaired) electrons. The molecule has 0 amide bonds. The summed E-state index contributed by atoms with van der Waals surface area (Å²) in [5.41, 5.74) is 0.415. The van der Waals surface area contributed by atoms with Crippen molar-refractivity contribution in [2.75, 3.05) is 5.32 Å². The molecule has 1 aromatic carbocycles. The molecule has 1 rings (SSSR count). The summed E-state index contributed by atoms with van der Waals surface area (Å²) in [6, 6.07) is 5.38. The van der Waals surface area contributed by atoms with Crippen LogP contribution in [-0.4, -0.2) is 34.8 Å². The van der Waals surface area contributed by atoms with Crippen LogP contribution in [0.4, 0.5) is 10.1 Å². The van der Waals surface area contributed by atoms with Crippen LogP contribution < -0.4 is 5.32 Å². The molecule has 178 valence electrons. The van der Waals surface area contributed by atoms with Crippen LogP contribution in [0.3, 0.4) is 0 Å². The zero-order valence-corrected chi connectivity index (χ0v) is 21.9. The van der Waals surface area contributed by atoms with Crippen LogP contribution in [0.25, 0.3) is 0 Å². The zero-order chi connectivity index (χ0) is 24.0. The van der Waals surface area contributed by atoms with Crippen LogP contribution in [0.5, 0.6) is 0 Å². The molecule has 0 saturated carbocycles. The third-order valence-corrected chi connectivity index (χ3v) is 10.3. The van der Waals surface area contributed by atoms with E-state index in [1.54, 1.807) is 55.4 Å². The molecule has 31 heavy (non-hydrogen) atoms. The van der Waals surface area contributed by atoms with E-state index in [0.717, 1.165) is 0 Å². The second kappa shape index (κ2) is 12.0. The van der Waals surface area contributed by atoms with Gasteiger partial charge >= 0.3 is 15.2 Å². The lowest BCUT2D eigenvalue weighted by molar-refractivity contribution is 0.127. The molecule has 0 aliphatic heterocycles. The van der Waals surface area contributed by atoms with Gasteiger partial charge < -0.3 is 23.4 Å². The number of anilines is 1. The Balaban J connectivity index is 3.60. The molecule has 0 saturated heterocycles. The Morgan fingerprint density at radius 3 is 1.39 bits per heavy atom. The molecule has 0 unspecified atom stereocenters. The second-order valence-electron chi connectivity index (χ2n) is 8.07. The predicted molar refractivity (Wildman–Crippen MR) is 127 cm³/mol. The molecular weight excluding hydrogens is 463 g/mol. The van der Waals surface area contributed by atoms with Gasteiger partial charge in [0.25, 0.3) is 0 Å². The average Bonchev–Trinajstić information content (AvgIpc) is 2.53. The van der Waals surface area contributed by atoms with Crippen molar-refractivity contribution in [3.05, 3.63) is 30.1 Å². The SMILES string of the molecule is CC(C)OP(=O)(OC(C)C)C(C(=S)Nc1ccc(F)cc1)P(=O)(OC(C)C)OC(C)C. The highest BCUT2D eigenvalue weighted by molar-refractivity contribution is 7.85.